The molecule has 0 unspecified atom stereocenters. The summed E-state index contributed by atoms with van der Waals surface area (Å²) in [5, 5.41) is 7.25. The fourth-order valence-corrected chi connectivity index (χ4v) is 6.27. The highest BCUT2D eigenvalue weighted by atomic mass is 35.5. The Morgan fingerprint density at radius 3 is 2.42 bits per heavy atom. The maximum Gasteiger partial charge on any atom is 0.283 e. The SMILES string of the molecule is CC1=NN(c2ccc(Cl)cc2)C(=O)C1=c1sc(=C2Sc3ccccc3N2C)c(=O)n1C. The fraction of sp³-hybridized carbons (Fsp3) is 0.136. The van der Waals surface area contributed by atoms with Crippen molar-refractivity contribution in [1.82, 2.24) is 4.57 Å². The molecule has 3 heterocycles. The van der Waals surface area contributed by atoms with E-state index >= 15 is 0 Å². The van der Waals surface area contributed by atoms with Gasteiger partial charge in [-0.2, -0.15) is 10.1 Å². The molecule has 0 saturated carbocycles. The number of nitrogens with zero attached hydrogens (tertiary/aromatic N) is 4. The zero-order valence-electron chi connectivity index (χ0n) is 16.9. The molecular formula is C22H17ClN4O2S2. The second-order valence-corrected chi connectivity index (χ2v) is 9.65. The first-order valence-corrected chi connectivity index (χ1v) is 11.5. The summed E-state index contributed by atoms with van der Waals surface area (Å²) < 4.78 is 2.75. The average Bonchev–Trinajstić information content (AvgIpc) is 3.35. The van der Waals surface area contributed by atoms with Crippen molar-refractivity contribution in [3.63, 3.8) is 0 Å². The van der Waals surface area contributed by atoms with Crippen LogP contribution >= 0.6 is 34.7 Å². The van der Waals surface area contributed by atoms with E-state index in [4.69, 9.17) is 11.6 Å². The number of carbonyl (C=O) groups is 1. The van der Waals surface area contributed by atoms with Gasteiger partial charge in [-0.3, -0.25) is 9.59 Å². The van der Waals surface area contributed by atoms with Crippen LogP contribution in [0.4, 0.5) is 11.4 Å². The Morgan fingerprint density at radius 2 is 1.71 bits per heavy atom. The van der Waals surface area contributed by atoms with Crippen LogP contribution in [-0.4, -0.2) is 23.2 Å². The maximum atomic E-state index is 13.2. The highest BCUT2D eigenvalue weighted by Crippen LogP contribution is 2.44. The molecule has 0 radical (unpaired) electrons. The van der Waals surface area contributed by atoms with Crippen LogP contribution in [0.25, 0.3) is 10.6 Å². The molecule has 156 valence electrons. The van der Waals surface area contributed by atoms with Crippen LogP contribution < -0.4 is 24.7 Å². The van der Waals surface area contributed by atoms with Gasteiger partial charge in [-0.15, -0.1) is 11.3 Å². The standard InChI is InChI=1S/C22H17ClN4O2S2/c1-12-17(19(28)27(24-12)14-10-8-13(23)9-11-14)21-26(3)20(29)18(31-21)22-25(2)15-6-4-5-7-16(15)30-22/h4-11H,1-3H3. The fourth-order valence-electron chi connectivity index (χ4n) is 3.62. The molecule has 0 N–H and O–H groups in total. The monoisotopic (exact) mass is 468 g/mol. The molecule has 0 saturated heterocycles. The molecule has 0 atom stereocenters. The smallest absolute Gasteiger partial charge is 0.283 e. The van der Waals surface area contributed by atoms with E-state index in [1.807, 2.05) is 36.2 Å². The van der Waals surface area contributed by atoms with Crippen molar-refractivity contribution in [1.29, 1.82) is 0 Å². The van der Waals surface area contributed by atoms with E-state index in [1.165, 1.54) is 16.3 Å². The van der Waals surface area contributed by atoms with Crippen molar-refractivity contribution in [2.45, 2.75) is 11.8 Å². The zero-order chi connectivity index (χ0) is 21.9. The van der Waals surface area contributed by atoms with Crippen molar-refractivity contribution < 1.29 is 4.79 Å². The van der Waals surface area contributed by atoms with E-state index in [1.54, 1.807) is 54.6 Å². The van der Waals surface area contributed by atoms with E-state index < -0.39 is 0 Å². The van der Waals surface area contributed by atoms with Crippen LogP contribution in [0, 0.1) is 0 Å². The van der Waals surface area contributed by atoms with E-state index in [-0.39, 0.29) is 11.5 Å². The summed E-state index contributed by atoms with van der Waals surface area (Å²) in [5.74, 6) is -0.260. The third-order valence-electron chi connectivity index (χ3n) is 5.24. The molecule has 5 rings (SSSR count). The van der Waals surface area contributed by atoms with Gasteiger partial charge in [-0.25, -0.2) is 0 Å². The van der Waals surface area contributed by atoms with Gasteiger partial charge in [0, 0.05) is 24.0 Å². The van der Waals surface area contributed by atoms with Crippen molar-refractivity contribution >= 4 is 68.3 Å². The van der Waals surface area contributed by atoms with Gasteiger partial charge in [0.25, 0.3) is 11.5 Å². The molecule has 1 amide bonds. The zero-order valence-corrected chi connectivity index (χ0v) is 19.3. The summed E-state index contributed by atoms with van der Waals surface area (Å²) in [6.07, 6.45) is 0. The lowest BCUT2D eigenvalue weighted by molar-refractivity contribution is -0.112. The number of aromatic nitrogens is 1. The number of thiazole rings is 1. The van der Waals surface area contributed by atoms with E-state index in [2.05, 4.69) is 5.10 Å². The second kappa shape index (κ2) is 7.40. The average molecular weight is 469 g/mol. The molecule has 2 aromatic carbocycles. The Balaban J connectivity index is 1.68. The van der Waals surface area contributed by atoms with Crippen LogP contribution in [0.2, 0.25) is 5.02 Å². The summed E-state index contributed by atoms with van der Waals surface area (Å²) in [6.45, 7) is 1.78. The third-order valence-corrected chi connectivity index (χ3v) is 8.10. The quantitative estimate of drug-likeness (QED) is 0.551. The van der Waals surface area contributed by atoms with Crippen LogP contribution in [0.5, 0.6) is 0 Å². The Kier molecular flexibility index (Phi) is 4.80. The third kappa shape index (κ3) is 3.13. The summed E-state index contributed by atoms with van der Waals surface area (Å²) in [6, 6.07) is 15.0. The first-order valence-electron chi connectivity index (χ1n) is 9.47. The molecule has 0 aliphatic carbocycles. The first kappa shape index (κ1) is 20.1. The maximum absolute atomic E-state index is 13.2. The van der Waals surface area contributed by atoms with Gasteiger partial charge in [0.15, 0.2) is 0 Å². The number of halogens is 1. The minimum Gasteiger partial charge on any atom is -0.337 e. The molecule has 6 nitrogen and oxygen atoms in total. The number of anilines is 2. The van der Waals surface area contributed by atoms with E-state index in [0.717, 1.165) is 15.6 Å². The van der Waals surface area contributed by atoms with Gasteiger partial charge in [0.05, 0.1) is 22.7 Å². The van der Waals surface area contributed by atoms with Crippen molar-refractivity contribution in [2.75, 3.05) is 17.0 Å². The number of hydrogen-bond acceptors (Lipinski definition) is 6. The van der Waals surface area contributed by atoms with Crippen molar-refractivity contribution in [3.05, 3.63) is 73.1 Å². The summed E-state index contributed by atoms with van der Waals surface area (Å²) in [7, 11) is 3.65. The van der Waals surface area contributed by atoms with E-state index in [0.29, 0.717) is 31.2 Å². The Morgan fingerprint density at radius 1 is 1.00 bits per heavy atom. The minimum absolute atomic E-state index is 0.125. The molecule has 9 heteroatoms. The molecule has 1 aromatic heterocycles. The number of hydrazone groups is 1. The largest absolute Gasteiger partial charge is 0.337 e. The van der Waals surface area contributed by atoms with Gasteiger partial charge in [-0.05, 0) is 43.3 Å². The summed E-state index contributed by atoms with van der Waals surface area (Å²) in [4.78, 5) is 29.5. The predicted molar refractivity (Wildman–Crippen MR) is 128 cm³/mol. The Labute approximate surface area is 191 Å². The van der Waals surface area contributed by atoms with Gasteiger partial charge < -0.3 is 9.47 Å². The number of benzene rings is 2. The van der Waals surface area contributed by atoms with Crippen molar-refractivity contribution in [2.24, 2.45) is 12.1 Å². The highest BCUT2D eigenvalue weighted by molar-refractivity contribution is 8.08. The molecule has 2 aliphatic heterocycles. The van der Waals surface area contributed by atoms with Gasteiger partial charge in [0.1, 0.15) is 14.2 Å². The van der Waals surface area contributed by atoms with Crippen molar-refractivity contribution in [3.8, 4) is 0 Å². The van der Waals surface area contributed by atoms with Gasteiger partial charge >= 0.3 is 0 Å². The number of amides is 1. The molecule has 31 heavy (non-hydrogen) atoms. The normalized spacial score (nSPS) is 19.2. The van der Waals surface area contributed by atoms with Crippen LogP contribution in [0.3, 0.4) is 0 Å². The first-order chi connectivity index (χ1) is 14.9. The Hall–Kier alpha value is -2.81. The summed E-state index contributed by atoms with van der Waals surface area (Å²) in [5.41, 5.74) is 2.58. The molecule has 3 aromatic rings. The van der Waals surface area contributed by atoms with Gasteiger partial charge in [-0.1, -0.05) is 35.5 Å². The lowest BCUT2D eigenvalue weighted by Crippen LogP contribution is -2.33. The predicted octanol–water partition coefficient (Wildman–Crippen LogP) is 2.98. The number of rotatable bonds is 1. The lowest BCUT2D eigenvalue weighted by Gasteiger charge is -2.11. The van der Waals surface area contributed by atoms with Crippen LogP contribution in [0.15, 0.2) is 63.3 Å². The minimum atomic E-state index is -0.260. The molecule has 0 spiro atoms. The van der Waals surface area contributed by atoms with E-state index in [9.17, 15) is 9.59 Å². The summed E-state index contributed by atoms with van der Waals surface area (Å²) >= 11 is 8.86. The number of carbonyl (C=O) groups excluding carboxylic acids is 1. The van der Waals surface area contributed by atoms with Crippen LogP contribution in [-0.2, 0) is 11.8 Å². The number of thioether (sulfide) groups is 1. The second-order valence-electron chi connectivity index (χ2n) is 7.19. The number of para-hydroxylation sites is 1. The van der Waals surface area contributed by atoms with Crippen LogP contribution in [0.1, 0.15) is 6.92 Å². The number of fused-ring (bicyclic) bond motifs is 1. The molecule has 0 bridgehead atoms. The Bertz CT molecular complexity index is 1450. The van der Waals surface area contributed by atoms with Gasteiger partial charge in [0.2, 0.25) is 0 Å². The molecular weight excluding hydrogens is 452 g/mol. The highest BCUT2D eigenvalue weighted by Gasteiger charge is 2.31. The molecule has 0 fully saturated rings. The topological polar surface area (TPSA) is 57.9 Å². The lowest BCUT2D eigenvalue weighted by atomic mass is 10.2. The number of hydrogen-bond donors (Lipinski definition) is 0. The molecule has 2 aliphatic rings.